The lowest BCUT2D eigenvalue weighted by Crippen LogP contribution is -2.47. The Labute approximate surface area is 262 Å². The van der Waals surface area contributed by atoms with E-state index >= 15 is 0 Å². The Balaban J connectivity index is 1.41. The number of piperazine rings is 1. The number of halogens is 4. The summed E-state index contributed by atoms with van der Waals surface area (Å²) in [6, 6.07) is 18.8. The van der Waals surface area contributed by atoms with E-state index in [1.165, 1.54) is 6.92 Å². The van der Waals surface area contributed by atoms with Crippen LogP contribution in [-0.4, -0.2) is 67.9 Å². The Morgan fingerprint density at radius 1 is 0.902 bits per heavy atom. The van der Waals surface area contributed by atoms with Gasteiger partial charge in [0.1, 0.15) is 0 Å². The van der Waals surface area contributed by atoms with Gasteiger partial charge >= 0.3 is 0 Å². The molecule has 0 bridgehead atoms. The van der Waals surface area contributed by atoms with E-state index in [9.17, 15) is 9.59 Å². The summed E-state index contributed by atoms with van der Waals surface area (Å²) >= 11 is 24.9. The maximum Gasteiger partial charge on any atom is 0.253 e. The molecular formula is C31H34Cl4N4O2. The molecule has 1 fully saturated rings. The minimum Gasteiger partial charge on any atom is -0.369 e. The lowest BCUT2D eigenvalue weighted by atomic mass is 9.94. The van der Waals surface area contributed by atoms with Gasteiger partial charge in [0.05, 0.1) is 10.0 Å². The zero-order valence-electron chi connectivity index (χ0n) is 23.2. The smallest absolute Gasteiger partial charge is 0.253 e. The Morgan fingerprint density at radius 3 is 2.24 bits per heavy atom. The van der Waals surface area contributed by atoms with Gasteiger partial charge in [-0.25, -0.2) is 0 Å². The molecule has 0 aliphatic carbocycles. The molecule has 3 aromatic rings. The van der Waals surface area contributed by atoms with Crippen LogP contribution in [0.15, 0.2) is 60.7 Å². The first-order valence-corrected chi connectivity index (χ1v) is 15.1. The van der Waals surface area contributed by atoms with Crippen LogP contribution in [0, 0.1) is 0 Å². The highest BCUT2D eigenvalue weighted by molar-refractivity contribution is 6.42. The van der Waals surface area contributed by atoms with Gasteiger partial charge in [0.2, 0.25) is 5.91 Å². The van der Waals surface area contributed by atoms with Crippen LogP contribution in [0.5, 0.6) is 0 Å². The number of rotatable bonds is 10. The Hall–Kier alpha value is -2.48. The Morgan fingerprint density at radius 2 is 1.59 bits per heavy atom. The molecule has 10 heteroatoms. The van der Waals surface area contributed by atoms with Gasteiger partial charge in [0, 0.05) is 80.5 Å². The van der Waals surface area contributed by atoms with Gasteiger partial charge in [-0.3, -0.25) is 14.5 Å². The predicted octanol–water partition coefficient (Wildman–Crippen LogP) is 7.00. The van der Waals surface area contributed by atoms with Gasteiger partial charge in [-0.05, 0) is 60.5 Å². The van der Waals surface area contributed by atoms with Crippen LogP contribution >= 0.6 is 46.4 Å². The lowest BCUT2D eigenvalue weighted by molar-refractivity contribution is -0.119. The zero-order valence-corrected chi connectivity index (χ0v) is 26.2. The Bertz CT molecular complexity index is 1360. The molecule has 41 heavy (non-hydrogen) atoms. The highest BCUT2D eigenvalue weighted by Crippen LogP contribution is 2.30. The van der Waals surface area contributed by atoms with Crippen molar-refractivity contribution in [3.8, 4) is 0 Å². The van der Waals surface area contributed by atoms with Crippen molar-refractivity contribution in [2.45, 2.75) is 25.8 Å². The van der Waals surface area contributed by atoms with Crippen molar-refractivity contribution in [3.63, 3.8) is 0 Å². The molecule has 6 nitrogen and oxygen atoms in total. The minimum absolute atomic E-state index is 0.0372. The molecule has 2 amide bonds. The monoisotopic (exact) mass is 634 g/mol. The number of carbonyl (C=O) groups is 2. The molecule has 3 aromatic carbocycles. The summed E-state index contributed by atoms with van der Waals surface area (Å²) in [6.07, 6.45) is 0.838. The highest BCUT2D eigenvalue weighted by Gasteiger charge is 2.23. The summed E-state index contributed by atoms with van der Waals surface area (Å²) in [6.45, 7) is 7.04. The SMILES string of the molecule is CC(=O)NCc1ccccc1N1CCN(CCC(CN(C)C(=O)c2cc(Cl)cc(Cl)c2)c2ccc(Cl)c(Cl)c2)CC1. The first kappa shape index (κ1) is 31.5. The molecule has 1 saturated heterocycles. The number of hydrogen-bond donors (Lipinski definition) is 1. The summed E-state index contributed by atoms with van der Waals surface area (Å²) in [5, 5.41) is 4.76. The standard InChI is InChI=1S/C31H34Cl4N4O2/c1-21(40)36-19-23-5-3-4-6-30(23)39-13-11-38(12-14-39)10-9-24(22-7-8-28(34)29(35)17-22)20-37(2)31(41)25-15-26(32)18-27(33)16-25/h3-8,15-18,24H,9-14,19-20H2,1-2H3,(H,36,40). The summed E-state index contributed by atoms with van der Waals surface area (Å²) in [5.41, 5.74) is 3.77. The third kappa shape index (κ3) is 8.76. The van der Waals surface area contributed by atoms with Gasteiger partial charge < -0.3 is 15.1 Å². The van der Waals surface area contributed by atoms with Crippen LogP contribution in [0.4, 0.5) is 5.69 Å². The molecule has 1 heterocycles. The van der Waals surface area contributed by atoms with Crippen molar-refractivity contribution < 1.29 is 9.59 Å². The van der Waals surface area contributed by atoms with Crippen LogP contribution in [0.2, 0.25) is 20.1 Å². The van der Waals surface area contributed by atoms with Gasteiger partial charge in [0.15, 0.2) is 0 Å². The number of para-hydroxylation sites is 1. The van der Waals surface area contributed by atoms with E-state index in [1.54, 1.807) is 30.1 Å². The number of nitrogens with one attached hydrogen (secondary N) is 1. The summed E-state index contributed by atoms with van der Waals surface area (Å²) in [7, 11) is 1.79. The molecule has 1 unspecified atom stereocenters. The zero-order chi connectivity index (χ0) is 29.5. The first-order valence-electron chi connectivity index (χ1n) is 13.6. The normalized spacial score (nSPS) is 14.5. The number of likely N-dealkylation sites (N-methyl/N-ethyl adjacent to an activating group) is 1. The average molecular weight is 636 g/mol. The van der Waals surface area contributed by atoms with E-state index in [0.717, 1.165) is 56.0 Å². The molecule has 1 N–H and O–H groups in total. The van der Waals surface area contributed by atoms with Crippen LogP contribution in [0.25, 0.3) is 0 Å². The molecule has 1 atom stereocenters. The van der Waals surface area contributed by atoms with Gasteiger partial charge in [-0.2, -0.15) is 0 Å². The molecule has 4 rings (SSSR count). The highest BCUT2D eigenvalue weighted by atomic mass is 35.5. The van der Waals surface area contributed by atoms with Crippen LogP contribution in [0.1, 0.15) is 40.7 Å². The third-order valence-corrected chi connectivity index (χ3v) is 8.57. The molecule has 0 saturated carbocycles. The number of carbonyl (C=O) groups excluding carboxylic acids is 2. The van der Waals surface area contributed by atoms with E-state index in [4.69, 9.17) is 46.4 Å². The van der Waals surface area contributed by atoms with Gasteiger partial charge in [0.25, 0.3) is 5.91 Å². The molecular weight excluding hydrogens is 602 g/mol. The molecule has 0 aromatic heterocycles. The van der Waals surface area contributed by atoms with Crippen molar-refractivity contribution in [2.24, 2.45) is 0 Å². The fraction of sp³-hybridized carbons (Fsp3) is 0.355. The summed E-state index contributed by atoms with van der Waals surface area (Å²) < 4.78 is 0. The van der Waals surface area contributed by atoms with Crippen LogP contribution < -0.4 is 10.2 Å². The average Bonchev–Trinajstić information content (AvgIpc) is 2.95. The number of hydrogen-bond acceptors (Lipinski definition) is 4. The topological polar surface area (TPSA) is 55.9 Å². The van der Waals surface area contributed by atoms with E-state index in [0.29, 0.717) is 38.7 Å². The van der Waals surface area contributed by atoms with E-state index < -0.39 is 0 Å². The maximum atomic E-state index is 13.2. The molecule has 1 aliphatic heterocycles. The first-order chi connectivity index (χ1) is 19.6. The number of amides is 2. The van der Waals surface area contributed by atoms with Crippen molar-refractivity contribution >= 4 is 63.9 Å². The van der Waals surface area contributed by atoms with E-state index in [1.807, 2.05) is 30.3 Å². The maximum absolute atomic E-state index is 13.2. The summed E-state index contributed by atoms with van der Waals surface area (Å²) in [5.74, 6) is -0.138. The van der Waals surface area contributed by atoms with Crippen molar-refractivity contribution in [3.05, 3.63) is 97.4 Å². The summed E-state index contributed by atoms with van der Waals surface area (Å²) in [4.78, 5) is 31.2. The van der Waals surface area contributed by atoms with Gasteiger partial charge in [-0.1, -0.05) is 70.7 Å². The largest absolute Gasteiger partial charge is 0.369 e. The van der Waals surface area contributed by atoms with Crippen molar-refractivity contribution in [2.75, 3.05) is 51.2 Å². The number of benzene rings is 3. The minimum atomic E-state index is -0.147. The van der Waals surface area contributed by atoms with Gasteiger partial charge in [-0.15, -0.1) is 0 Å². The fourth-order valence-corrected chi connectivity index (χ4v) is 6.01. The molecule has 0 spiro atoms. The quantitative estimate of drug-likeness (QED) is 0.261. The van der Waals surface area contributed by atoms with E-state index in [-0.39, 0.29) is 17.7 Å². The van der Waals surface area contributed by atoms with Crippen LogP contribution in [-0.2, 0) is 11.3 Å². The Kier molecular flexibility index (Phi) is 11.2. The number of nitrogens with zero attached hydrogens (tertiary/aromatic N) is 3. The molecule has 0 radical (unpaired) electrons. The lowest BCUT2D eigenvalue weighted by Gasteiger charge is -2.37. The second-order valence-electron chi connectivity index (χ2n) is 10.4. The van der Waals surface area contributed by atoms with E-state index in [2.05, 4.69) is 27.2 Å². The second kappa shape index (κ2) is 14.6. The fourth-order valence-electron chi connectivity index (χ4n) is 5.18. The molecule has 218 valence electrons. The predicted molar refractivity (Wildman–Crippen MR) is 170 cm³/mol. The van der Waals surface area contributed by atoms with Crippen molar-refractivity contribution in [1.82, 2.24) is 15.1 Å². The van der Waals surface area contributed by atoms with Crippen molar-refractivity contribution in [1.29, 1.82) is 0 Å². The second-order valence-corrected chi connectivity index (χ2v) is 12.1. The number of anilines is 1. The third-order valence-electron chi connectivity index (χ3n) is 7.39. The molecule has 1 aliphatic rings. The van der Waals surface area contributed by atoms with Crippen LogP contribution in [0.3, 0.4) is 0 Å².